The van der Waals surface area contributed by atoms with E-state index in [-0.39, 0.29) is 17.9 Å². The summed E-state index contributed by atoms with van der Waals surface area (Å²) >= 11 is 0. The van der Waals surface area contributed by atoms with Crippen molar-refractivity contribution in [1.29, 1.82) is 0 Å². The molecular formula is C28H34N10O3. The van der Waals surface area contributed by atoms with E-state index in [2.05, 4.69) is 32.1 Å². The Morgan fingerprint density at radius 2 is 1.71 bits per heavy atom. The molecule has 2 aromatic heterocycles. The zero-order valence-electron chi connectivity index (χ0n) is 23.3. The van der Waals surface area contributed by atoms with Crippen LogP contribution in [0.1, 0.15) is 21.5 Å². The van der Waals surface area contributed by atoms with Crippen molar-refractivity contribution in [2.75, 3.05) is 86.9 Å². The van der Waals surface area contributed by atoms with Crippen LogP contribution in [-0.4, -0.2) is 108 Å². The van der Waals surface area contributed by atoms with Gasteiger partial charge in [-0.15, -0.1) is 0 Å². The van der Waals surface area contributed by atoms with Crippen molar-refractivity contribution in [3.8, 4) is 11.3 Å². The highest BCUT2D eigenvalue weighted by atomic mass is 16.5. The molecular weight excluding hydrogens is 524 g/mol. The summed E-state index contributed by atoms with van der Waals surface area (Å²) in [6.45, 7) is 7.81. The van der Waals surface area contributed by atoms with E-state index in [4.69, 9.17) is 20.4 Å². The molecule has 214 valence electrons. The first-order valence-corrected chi connectivity index (χ1v) is 13.9. The maximum absolute atomic E-state index is 13.7. The van der Waals surface area contributed by atoms with Crippen molar-refractivity contribution in [2.24, 2.45) is 0 Å². The molecule has 41 heavy (non-hydrogen) atoms. The number of nitrogen functional groups attached to an aromatic ring is 1. The number of nitrogens with zero attached hydrogens (tertiary/aromatic N) is 8. The maximum Gasteiger partial charge on any atom is 0.327 e. The number of nitrogens with one attached hydrogen (secondary N) is 1. The molecule has 0 saturated carbocycles. The molecule has 3 N–H and O–H groups in total. The number of carbonyl (C=O) groups is 2. The number of carbonyl (C=O) groups excluding carboxylic acids is 2. The summed E-state index contributed by atoms with van der Waals surface area (Å²) < 4.78 is 5.51. The lowest BCUT2D eigenvalue weighted by Crippen LogP contribution is -2.47. The first kappa shape index (κ1) is 26.8. The molecule has 0 spiro atoms. The van der Waals surface area contributed by atoms with E-state index in [0.29, 0.717) is 86.6 Å². The predicted octanol–water partition coefficient (Wildman–Crippen LogP) is 1.64. The second kappa shape index (κ2) is 11.3. The molecule has 3 aliphatic rings. The normalized spacial score (nSPS) is 17.5. The number of piperazine rings is 1. The fourth-order valence-corrected chi connectivity index (χ4v) is 5.41. The van der Waals surface area contributed by atoms with Crippen LogP contribution in [0, 0.1) is 6.92 Å². The number of likely N-dealkylation sites (N-methyl/N-ethyl adjacent to an activating group) is 1. The SMILES string of the molecule is Cc1c(NC(=O)N2CCc3c(-c4cnc(N)nc4)nc(N4CCOCC4)nc32)cccc1C(=O)N1CCN(C)CC1. The Bertz CT molecular complexity index is 1450. The zero-order valence-corrected chi connectivity index (χ0v) is 23.3. The van der Waals surface area contributed by atoms with Gasteiger partial charge in [-0.25, -0.2) is 19.7 Å². The van der Waals surface area contributed by atoms with Crippen LogP contribution in [0.3, 0.4) is 0 Å². The Hall–Kier alpha value is -4.36. The summed E-state index contributed by atoms with van der Waals surface area (Å²) in [7, 11) is 2.06. The lowest BCUT2D eigenvalue weighted by Gasteiger charge is -2.33. The Balaban J connectivity index is 1.29. The van der Waals surface area contributed by atoms with Crippen molar-refractivity contribution < 1.29 is 14.3 Å². The van der Waals surface area contributed by atoms with Crippen LogP contribution in [0.2, 0.25) is 0 Å². The van der Waals surface area contributed by atoms with Gasteiger partial charge in [-0.05, 0) is 38.1 Å². The number of amides is 3. The molecule has 3 amide bonds. The number of aromatic nitrogens is 4. The number of urea groups is 1. The summed E-state index contributed by atoms with van der Waals surface area (Å²) in [4.78, 5) is 52.8. The van der Waals surface area contributed by atoms with E-state index in [1.165, 1.54) is 0 Å². The Morgan fingerprint density at radius 3 is 2.44 bits per heavy atom. The summed E-state index contributed by atoms with van der Waals surface area (Å²) in [6, 6.07) is 5.13. The Labute approximate surface area is 238 Å². The van der Waals surface area contributed by atoms with E-state index < -0.39 is 0 Å². The minimum atomic E-state index is -0.317. The van der Waals surface area contributed by atoms with Gasteiger partial charge >= 0.3 is 6.03 Å². The van der Waals surface area contributed by atoms with E-state index in [1.54, 1.807) is 17.3 Å². The van der Waals surface area contributed by atoms with Gasteiger partial charge in [0.15, 0.2) is 0 Å². The molecule has 0 bridgehead atoms. The van der Waals surface area contributed by atoms with Gasteiger partial charge in [0, 0.05) is 80.6 Å². The standard InChI is InChI=1S/C28H34N10O3/c1-18-20(25(39)36-10-8-35(2)9-11-36)4-3-5-22(18)32-28(40)38-7-6-21-23(19-16-30-26(29)31-17-19)33-27(34-24(21)38)37-12-14-41-15-13-37/h3-5,16-17H,6-15H2,1-2H3,(H,32,40)(H2,29,30,31). The van der Waals surface area contributed by atoms with Crippen LogP contribution < -0.4 is 20.9 Å². The summed E-state index contributed by atoms with van der Waals surface area (Å²) in [5, 5.41) is 3.04. The molecule has 0 radical (unpaired) electrons. The number of ether oxygens (including phenoxy) is 1. The molecule has 3 aliphatic heterocycles. The van der Waals surface area contributed by atoms with Gasteiger partial charge in [0.1, 0.15) is 5.82 Å². The summed E-state index contributed by atoms with van der Waals surface area (Å²) in [5.74, 6) is 1.23. The highest BCUT2D eigenvalue weighted by Gasteiger charge is 2.32. The Morgan fingerprint density at radius 1 is 0.976 bits per heavy atom. The highest BCUT2D eigenvalue weighted by molar-refractivity contribution is 6.05. The smallest absolute Gasteiger partial charge is 0.327 e. The molecule has 13 nitrogen and oxygen atoms in total. The van der Waals surface area contributed by atoms with Gasteiger partial charge in [-0.3, -0.25) is 9.69 Å². The van der Waals surface area contributed by atoms with Crippen LogP contribution in [0.5, 0.6) is 0 Å². The number of fused-ring (bicyclic) bond motifs is 1. The first-order valence-electron chi connectivity index (χ1n) is 13.9. The minimum Gasteiger partial charge on any atom is -0.378 e. The van der Waals surface area contributed by atoms with Crippen molar-refractivity contribution in [3.05, 3.63) is 47.3 Å². The van der Waals surface area contributed by atoms with E-state index in [9.17, 15) is 9.59 Å². The number of anilines is 4. The molecule has 2 saturated heterocycles. The van der Waals surface area contributed by atoms with E-state index >= 15 is 0 Å². The molecule has 0 unspecified atom stereocenters. The Kier molecular flexibility index (Phi) is 7.37. The lowest BCUT2D eigenvalue weighted by atomic mass is 10.0. The zero-order chi connectivity index (χ0) is 28.5. The fourth-order valence-electron chi connectivity index (χ4n) is 5.41. The monoisotopic (exact) mass is 558 g/mol. The minimum absolute atomic E-state index is 0.0172. The average Bonchev–Trinajstić information content (AvgIpc) is 3.43. The summed E-state index contributed by atoms with van der Waals surface area (Å²) in [5.41, 5.74) is 9.89. The first-order chi connectivity index (χ1) is 19.9. The second-order valence-corrected chi connectivity index (χ2v) is 10.5. The van der Waals surface area contributed by atoms with Crippen molar-refractivity contribution >= 4 is 35.3 Å². The van der Waals surface area contributed by atoms with Crippen LogP contribution >= 0.6 is 0 Å². The molecule has 5 heterocycles. The quantitative estimate of drug-likeness (QED) is 0.485. The fraction of sp³-hybridized carbons (Fsp3) is 0.429. The van der Waals surface area contributed by atoms with Gasteiger partial charge in [-0.1, -0.05) is 6.07 Å². The number of morpholine rings is 1. The molecule has 13 heteroatoms. The molecule has 6 rings (SSSR count). The van der Waals surface area contributed by atoms with Crippen LogP contribution in [0.4, 0.5) is 28.2 Å². The number of hydrogen-bond donors (Lipinski definition) is 2. The van der Waals surface area contributed by atoms with Gasteiger partial charge < -0.3 is 30.5 Å². The van der Waals surface area contributed by atoms with Crippen LogP contribution in [0.15, 0.2) is 30.6 Å². The van der Waals surface area contributed by atoms with Crippen molar-refractivity contribution in [1.82, 2.24) is 29.7 Å². The van der Waals surface area contributed by atoms with Gasteiger partial charge in [0.05, 0.1) is 18.9 Å². The largest absolute Gasteiger partial charge is 0.378 e. The number of nitrogens with two attached hydrogens (primary N) is 1. The maximum atomic E-state index is 13.7. The summed E-state index contributed by atoms with van der Waals surface area (Å²) in [6.07, 6.45) is 3.86. The van der Waals surface area contributed by atoms with Crippen molar-refractivity contribution in [3.63, 3.8) is 0 Å². The third-order valence-corrected chi connectivity index (χ3v) is 7.90. The topological polar surface area (TPSA) is 146 Å². The van der Waals surface area contributed by atoms with Gasteiger partial charge in [0.2, 0.25) is 11.9 Å². The van der Waals surface area contributed by atoms with Gasteiger partial charge in [-0.2, -0.15) is 4.98 Å². The predicted molar refractivity (Wildman–Crippen MR) is 155 cm³/mol. The number of hydrogen-bond acceptors (Lipinski definition) is 10. The second-order valence-electron chi connectivity index (χ2n) is 10.5. The van der Waals surface area contributed by atoms with E-state index in [1.807, 2.05) is 30.0 Å². The van der Waals surface area contributed by atoms with Crippen molar-refractivity contribution in [2.45, 2.75) is 13.3 Å². The van der Waals surface area contributed by atoms with Crippen LogP contribution in [0.25, 0.3) is 11.3 Å². The molecule has 3 aromatic rings. The number of benzene rings is 1. The molecule has 0 atom stereocenters. The van der Waals surface area contributed by atoms with E-state index in [0.717, 1.165) is 24.2 Å². The highest BCUT2D eigenvalue weighted by Crippen LogP contribution is 2.36. The number of rotatable bonds is 4. The average molecular weight is 559 g/mol. The molecule has 2 fully saturated rings. The van der Waals surface area contributed by atoms with Crippen LogP contribution in [-0.2, 0) is 11.2 Å². The van der Waals surface area contributed by atoms with Gasteiger partial charge in [0.25, 0.3) is 5.91 Å². The third kappa shape index (κ3) is 5.37. The lowest BCUT2D eigenvalue weighted by molar-refractivity contribution is 0.0663. The molecule has 0 aliphatic carbocycles. The third-order valence-electron chi connectivity index (χ3n) is 7.90. The molecule has 1 aromatic carbocycles.